The van der Waals surface area contributed by atoms with Crippen molar-refractivity contribution < 1.29 is 4.74 Å². The van der Waals surface area contributed by atoms with Crippen molar-refractivity contribution in [3.8, 4) is 0 Å². The molecule has 1 saturated heterocycles. The van der Waals surface area contributed by atoms with E-state index in [1.165, 1.54) is 16.5 Å². The number of ether oxygens (including phenoxy) is 1. The van der Waals surface area contributed by atoms with E-state index in [4.69, 9.17) is 10.5 Å². The molecule has 0 spiro atoms. The van der Waals surface area contributed by atoms with E-state index >= 15 is 0 Å². The minimum atomic E-state index is 0.596. The van der Waals surface area contributed by atoms with Gasteiger partial charge in [-0.25, -0.2) is 0 Å². The molecular weight excluding hydrogens is 224 g/mol. The van der Waals surface area contributed by atoms with Crippen molar-refractivity contribution in [1.29, 1.82) is 0 Å². The van der Waals surface area contributed by atoms with E-state index in [9.17, 15) is 0 Å². The lowest BCUT2D eigenvalue weighted by Gasteiger charge is -2.22. The third-order valence-electron chi connectivity index (χ3n) is 3.78. The van der Waals surface area contributed by atoms with Crippen molar-refractivity contribution >= 4 is 10.9 Å². The van der Waals surface area contributed by atoms with Crippen LogP contribution in [-0.2, 0) is 17.8 Å². The van der Waals surface area contributed by atoms with Gasteiger partial charge in [-0.2, -0.15) is 0 Å². The lowest BCUT2D eigenvalue weighted by atomic mass is 10.0. The molecule has 3 nitrogen and oxygen atoms in total. The molecule has 0 saturated carbocycles. The summed E-state index contributed by atoms with van der Waals surface area (Å²) >= 11 is 0. The highest BCUT2D eigenvalue weighted by atomic mass is 16.5. The quantitative estimate of drug-likeness (QED) is 0.898. The van der Waals surface area contributed by atoms with Crippen LogP contribution in [-0.4, -0.2) is 17.8 Å². The summed E-state index contributed by atoms with van der Waals surface area (Å²) in [6.45, 7) is 3.47. The Hall–Kier alpha value is -1.32. The fraction of sp³-hybridized carbons (Fsp3) is 0.467. The smallest absolute Gasteiger partial charge is 0.0490 e. The molecule has 0 bridgehead atoms. The van der Waals surface area contributed by atoms with Crippen LogP contribution < -0.4 is 5.73 Å². The van der Waals surface area contributed by atoms with Gasteiger partial charge in [0.25, 0.3) is 0 Å². The van der Waals surface area contributed by atoms with Gasteiger partial charge in [0.15, 0.2) is 0 Å². The molecular formula is C15H19N2O. The van der Waals surface area contributed by atoms with Crippen LogP contribution >= 0.6 is 0 Å². The van der Waals surface area contributed by atoms with Crippen LogP contribution in [0, 0.1) is 12.0 Å². The van der Waals surface area contributed by atoms with E-state index in [1.807, 2.05) is 0 Å². The van der Waals surface area contributed by atoms with Gasteiger partial charge in [-0.3, -0.25) is 0 Å². The second-order valence-electron chi connectivity index (χ2n) is 5.04. The largest absolute Gasteiger partial charge is 0.381 e. The zero-order chi connectivity index (χ0) is 12.4. The van der Waals surface area contributed by atoms with Gasteiger partial charge in [-0.1, -0.05) is 12.1 Å². The van der Waals surface area contributed by atoms with Crippen LogP contribution in [0.1, 0.15) is 18.4 Å². The zero-order valence-corrected chi connectivity index (χ0v) is 10.6. The van der Waals surface area contributed by atoms with E-state index < -0.39 is 0 Å². The molecule has 0 amide bonds. The predicted octanol–water partition coefficient (Wildman–Crippen LogP) is 2.33. The number of benzene rings is 1. The first-order chi connectivity index (χ1) is 8.86. The fourth-order valence-corrected chi connectivity index (χ4v) is 2.64. The van der Waals surface area contributed by atoms with Crippen molar-refractivity contribution in [2.75, 3.05) is 13.2 Å². The number of fused-ring (bicyclic) bond motifs is 1. The molecule has 0 atom stereocenters. The molecule has 2 heterocycles. The molecule has 1 radical (unpaired) electrons. The van der Waals surface area contributed by atoms with Crippen molar-refractivity contribution in [3.63, 3.8) is 0 Å². The van der Waals surface area contributed by atoms with Gasteiger partial charge in [0, 0.05) is 49.5 Å². The second-order valence-corrected chi connectivity index (χ2v) is 5.04. The van der Waals surface area contributed by atoms with Crippen molar-refractivity contribution in [1.82, 2.24) is 4.57 Å². The van der Waals surface area contributed by atoms with Crippen LogP contribution in [0.5, 0.6) is 0 Å². The van der Waals surface area contributed by atoms with Gasteiger partial charge < -0.3 is 15.0 Å². The van der Waals surface area contributed by atoms with E-state index in [2.05, 4.69) is 35.0 Å². The first-order valence-electron chi connectivity index (χ1n) is 6.64. The molecule has 1 aromatic carbocycles. The number of rotatable bonds is 3. The summed E-state index contributed by atoms with van der Waals surface area (Å²) in [6, 6.07) is 9.70. The number of nitrogens with zero attached hydrogens (tertiary/aromatic N) is 1. The summed E-state index contributed by atoms with van der Waals surface area (Å²) in [5.74, 6) is 0.726. The lowest BCUT2D eigenvalue weighted by molar-refractivity contribution is 0.0616. The Labute approximate surface area is 108 Å². The molecule has 1 aliphatic heterocycles. The van der Waals surface area contributed by atoms with Gasteiger partial charge >= 0.3 is 0 Å². The van der Waals surface area contributed by atoms with Crippen molar-refractivity contribution in [3.05, 3.63) is 36.0 Å². The Morgan fingerprint density at radius 3 is 2.94 bits per heavy atom. The maximum Gasteiger partial charge on any atom is 0.0490 e. The molecule has 0 aliphatic carbocycles. The van der Waals surface area contributed by atoms with Gasteiger partial charge in [-0.15, -0.1) is 0 Å². The molecule has 1 aliphatic rings. The predicted molar refractivity (Wildman–Crippen MR) is 72.2 cm³/mol. The summed E-state index contributed by atoms with van der Waals surface area (Å²) < 4.78 is 7.72. The minimum Gasteiger partial charge on any atom is -0.381 e. The molecule has 3 rings (SSSR count). The Morgan fingerprint density at radius 1 is 1.33 bits per heavy atom. The van der Waals surface area contributed by atoms with Crippen LogP contribution in [0.15, 0.2) is 24.4 Å². The minimum absolute atomic E-state index is 0.596. The molecule has 3 heteroatoms. The molecule has 2 aromatic rings. The van der Waals surface area contributed by atoms with Crippen LogP contribution in [0.3, 0.4) is 0 Å². The Balaban J connectivity index is 1.86. The Bertz CT molecular complexity index is 526. The third kappa shape index (κ3) is 2.28. The first kappa shape index (κ1) is 11.8. The van der Waals surface area contributed by atoms with E-state index in [1.54, 1.807) is 0 Å². The highest BCUT2D eigenvalue weighted by Gasteiger charge is 2.15. The van der Waals surface area contributed by atoms with Gasteiger partial charge in [0.05, 0.1) is 0 Å². The van der Waals surface area contributed by atoms with E-state index in [0.29, 0.717) is 6.54 Å². The maximum absolute atomic E-state index is 5.71. The summed E-state index contributed by atoms with van der Waals surface area (Å²) in [4.78, 5) is 0. The SMILES string of the molecule is NCc1ccc2[c]cn(CC3CCOCC3)c2c1. The highest BCUT2D eigenvalue weighted by molar-refractivity contribution is 5.80. The average molecular weight is 243 g/mol. The van der Waals surface area contributed by atoms with Gasteiger partial charge in [-0.05, 0) is 30.4 Å². The molecule has 0 unspecified atom stereocenters. The van der Waals surface area contributed by atoms with Crippen LogP contribution in [0.2, 0.25) is 0 Å². The van der Waals surface area contributed by atoms with Crippen molar-refractivity contribution in [2.45, 2.75) is 25.9 Å². The summed E-state index contributed by atoms with van der Waals surface area (Å²) in [5, 5.41) is 1.18. The Kier molecular flexibility index (Phi) is 3.35. The van der Waals surface area contributed by atoms with Gasteiger partial charge in [0.1, 0.15) is 0 Å². The highest BCUT2D eigenvalue weighted by Crippen LogP contribution is 2.22. The van der Waals surface area contributed by atoms with Gasteiger partial charge in [0.2, 0.25) is 0 Å². The Morgan fingerprint density at radius 2 is 2.17 bits per heavy atom. The average Bonchev–Trinajstić information content (AvgIpc) is 2.82. The normalized spacial score (nSPS) is 17.4. The number of hydrogen-bond donors (Lipinski definition) is 1. The standard InChI is InChI=1S/C15H19N2O/c16-10-13-1-2-14-3-6-17(15(14)9-13)11-12-4-7-18-8-5-12/h1-2,6,9,12H,4-5,7-8,10-11,16H2. The summed E-state index contributed by atoms with van der Waals surface area (Å²) in [6.07, 6.45) is 4.40. The molecule has 1 aromatic heterocycles. The molecule has 18 heavy (non-hydrogen) atoms. The number of hydrogen-bond acceptors (Lipinski definition) is 2. The van der Waals surface area contributed by atoms with E-state index in [0.717, 1.165) is 38.5 Å². The second kappa shape index (κ2) is 5.12. The van der Waals surface area contributed by atoms with Crippen LogP contribution in [0.25, 0.3) is 10.9 Å². The zero-order valence-electron chi connectivity index (χ0n) is 10.6. The maximum atomic E-state index is 5.71. The topological polar surface area (TPSA) is 40.2 Å². The van der Waals surface area contributed by atoms with Crippen molar-refractivity contribution in [2.24, 2.45) is 11.7 Å². The number of nitrogens with two attached hydrogens (primary N) is 1. The number of aromatic nitrogens is 1. The summed E-state index contributed by atoms with van der Waals surface area (Å²) in [5.41, 5.74) is 8.15. The molecule has 95 valence electrons. The third-order valence-corrected chi connectivity index (χ3v) is 3.78. The summed E-state index contributed by atoms with van der Waals surface area (Å²) in [7, 11) is 0. The lowest BCUT2D eigenvalue weighted by Crippen LogP contribution is -2.20. The fourth-order valence-electron chi connectivity index (χ4n) is 2.64. The van der Waals surface area contributed by atoms with Crippen LogP contribution in [0.4, 0.5) is 0 Å². The van der Waals surface area contributed by atoms with E-state index in [-0.39, 0.29) is 0 Å². The molecule has 2 N–H and O–H groups in total. The molecule has 1 fully saturated rings. The monoisotopic (exact) mass is 243 g/mol. The first-order valence-corrected chi connectivity index (χ1v) is 6.64.